The third-order valence-corrected chi connectivity index (χ3v) is 2.58. The van der Waals surface area contributed by atoms with Gasteiger partial charge in [0.2, 0.25) is 6.33 Å². The van der Waals surface area contributed by atoms with Crippen LogP contribution in [0.3, 0.4) is 0 Å². The number of aromatic nitrogens is 4. The van der Waals surface area contributed by atoms with Gasteiger partial charge in [-0.2, -0.15) is 0 Å². The molecule has 15 heavy (non-hydrogen) atoms. The molecule has 0 spiro atoms. The van der Waals surface area contributed by atoms with Gasteiger partial charge in [0.15, 0.2) is 5.65 Å². The van der Waals surface area contributed by atoms with Gasteiger partial charge in [0, 0.05) is 11.9 Å². The standard InChI is InChI=1S/C11H9N4/c1-2-15-9-6-4-3-5-8(9)10-11(15)12-7-13-14-10/h3-6H,2H2,1H3. The zero-order chi connectivity index (χ0) is 10.3. The Balaban J connectivity index is 2.62. The molecule has 4 heteroatoms. The zero-order valence-electron chi connectivity index (χ0n) is 8.31. The lowest BCUT2D eigenvalue weighted by Crippen LogP contribution is -1.95. The van der Waals surface area contributed by atoms with Crippen molar-refractivity contribution < 1.29 is 0 Å². The second kappa shape index (κ2) is 3.02. The van der Waals surface area contributed by atoms with Crippen molar-refractivity contribution in [3.8, 4) is 0 Å². The van der Waals surface area contributed by atoms with E-state index in [1.807, 2.05) is 18.2 Å². The van der Waals surface area contributed by atoms with Crippen LogP contribution < -0.4 is 0 Å². The summed E-state index contributed by atoms with van der Waals surface area (Å²) in [5.41, 5.74) is 2.86. The lowest BCUT2D eigenvalue weighted by Gasteiger charge is -1.99. The second-order valence-corrected chi connectivity index (χ2v) is 3.35. The minimum absolute atomic E-state index is 0.853. The Kier molecular flexibility index (Phi) is 1.68. The molecule has 0 aliphatic carbocycles. The molecule has 0 aliphatic rings. The van der Waals surface area contributed by atoms with Crippen LogP contribution in [0.1, 0.15) is 6.92 Å². The highest BCUT2D eigenvalue weighted by Gasteiger charge is 2.10. The van der Waals surface area contributed by atoms with Crippen molar-refractivity contribution in [3.05, 3.63) is 30.6 Å². The van der Waals surface area contributed by atoms with E-state index in [-0.39, 0.29) is 0 Å². The van der Waals surface area contributed by atoms with E-state index in [1.54, 1.807) is 0 Å². The summed E-state index contributed by atoms with van der Waals surface area (Å²) < 4.78 is 2.12. The van der Waals surface area contributed by atoms with Crippen molar-refractivity contribution in [3.63, 3.8) is 0 Å². The number of aryl methyl sites for hydroxylation is 1. The summed E-state index contributed by atoms with van der Waals surface area (Å²) in [4.78, 5) is 4.15. The summed E-state index contributed by atoms with van der Waals surface area (Å²) in [7, 11) is 0. The van der Waals surface area contributed by atoms with E-state index in [1.165, 1.54) is 0 Å². The van der Waals surface area contributed by atoms with E-state index >= 15 is 0 Å². The van der Waals surface area contributed by atoms with Crippen LogP contribution in [0.4, 0.5) is 0 Å². The van der Waals surface area contributed by atoms with Crippen molar-refractivity contribution in [2.24, 2.45) is 0 Å². The molecule has 0 fully saturated rings. The SMILES string of the molecule is CCn1c2ccccc2c2nn[c]nc21. The molecule has 4 nitrogen and oxygen atoms in total. The number of nitrogens with zero attached hydrogens (tertiary/aromatic N) is 4. The number of hydrogen-bond acceptors (Lipinski definition) is 3. The highest BCUT2D eigenvalue weighted by Crippen LogP contribution is 2.24. The van der Waals surface area contributed by atoms with Crippen molar-refractivity contribution in [2.75, 3.05) is 0 Å². The first-order chi connectivity index (χ1) is 7.42. The molecule has 0 N–H and O–H groups in total. The van der Waals surface area contributed by atoms with E-state index in [0.717, 1.165) is 28.6 Å². The van der Waals surface area contributed by atoms with Crippen LogP contribution >= 0.6 is 0 Å². The predicted octanol–water partition coefficient (Wildman–Crippen LogP) is 1.80. The normalized spacial score (nSPS) is 11.3. The van der Waals surface area contributed by atoms with Gasteiger partial charge in [-0.3, -0.25) is 0 Å². The first-order valence-electron chi connectivity index (χ1n) is 4.89. The lowest BCUT2D eigenvalue weighted by atomic mass is 10.2. The first-order valence-corrected chi connectivity index (χ1v) is 4.89. The molecule has 0 saturated heterocycles. The van der Waals surface area contributed by atoms with Gasteiger partial charge in [0.25, 0.3) is 0 Å². The maximum atomic E-state index is 4.15. The maximum Gasteiger partial charge on any atom is 0.223 e. The molecule has 3 rings (SSSR count). The van der Waals surface area contributed by atoms with Crippen LogP contribution in [-0.2, 0) is 6.54 Å². The molecule has 1 radical (unpaired) electrons. The fraction of sp³-hybridized carbons (Fsp3) is 0.182. The van der Waals surface area contributed by atoms with Gasteiger partial charge in [0.05, 0.1) is 5.52 Å². The van der Waals surface area contributed by atoms with E-state index in [2.05, 4.69) is 39.1 Å². The maximum absolute atomic E-state index is 4.15. The quantitative estimate of drug-likeness (QED) is 0.597. The van der Waals surface area contributed by atoms with Crippen LogP contribution in [0.25, 0.3) is 22.1 Å². The van der Waals surface area contributed by atoms with E-state index in [9.17, 15) is 0 Å². The first kappa shape index (κ1) is 8.35. The molecule has 73 valence electrons. The van der Waals surface area contributed by atoms with E-state index < -0.39 is 0 Å². The van der Waals surface area contributed by atoms with Gasteiger partial charge in [-0.1, -0.05) is 18.2 Å². The van der Waals surface area contributed by atoms with Crippen LogP contribution in [0.15, 0.2) is 24.3 Å². The molecule has 2 heterocycles. The molecule has 0 bridgehead atoms. The summed E-state index contributed by atoms with van der Waals surface area (Å²) in [5, 5.41) is 8.90. The molecule has 0 unspecified atom stereocenters. The highest BCUT2D eigenvalue weighted by molar-refractivity contribution is 6.03. The molecule has 1 aromatic carbocycles. The van der Waals surface area contributed by atoms with Crippen molar-refractivity contribution >= 4 is 22.1 Å². The van der Waals surface area contributed by atoms with Gasteiger partial charge in [-0.25, -0.2) is 4.98 Å². The fourth-order valence-electron chi connectivity index (χ4n) is 1.95. The number of hydrogen-bond donors (Lipinski definition) is 0. The molecular weight excluding hydrogens is 188 g/mol. The van der Waals surface area contributed by atoms with Crippen LogP contribution in [0.2, 0.25) is 0 Å². The zero-order valence-corrected chi connectivity index (χ0v) is 8.31. The summed E-state index contributed by atoms with van der Waals surface area (Å²) >= 11 is 0. The Morgan fingerprint density at radius 3 is 3.07 bits per heavy atom. The number of fused-ring (bicyclic) bond motifs is 3. The number of rotatable bonds is 1. The molecule has 0 amide bonds. The van der Waals surface area contributed by atoms with Gasteiger partial charge in [-0.15, -0.1) is 10.2 Å². The monoisotopic (exact) mass is 197 g/mol. The topological polar surface area (TPSA) is 43.6 Å². The second-order valence-electron chi connectivity index (χ2n) is 3.35. The van der Waals surface area contributed by atoms with E-state index in [0.29, 0.717) is 0 Å². The van der Waals surface area contributed by atoms with Crippen molar-refractivity contribution in [2.45, 2.75) is 13.5 Å². The summed E-state index contributed by atoms with van der Waals surface area (Å²) in [6.45, 7) is 2.96. The van der Waals surface area contributed by atoms with Crippen molar-refractivity contribution in [1.82, 2.24) is 19.7 Å². The Labute approximate surface area is 86.6 Å². The molecule has 0 saturated carbocycles. The average Bonchev–Trinajstić information content (AvgIpc) is 2.63. The average molecular weight is 197 g/mol. The predicted molar refractivity (Wildman–Crippen MR) is 57.3 cm³/mol. The molecule has 2 aromatic heterocycles. The Morgan fingerprint density at radius 1 is 1.33 bits per heavy atom. The van der Waals surface area contributed by atoms with Gasteiger partial charge < -0.3 is 4.57 Å². The summed E-state index contributed by atoms with van der Waals surface area (Å²) in [6, 6.07) is 8.13. The van der Waals surface area contributed by atoms with Crippen LogP contribution in [0, 0.1) is 6.33 Å². The van der Waals surface area contributed by atoms with Gasteiger partial charge in [-0.05, 0) is 13.0 Å². The Hall–Kier alpha value is -1.97. The third-order valence-electron chi connectivity index (χ3n) is 2.58. The highest BCUT2D eigenvalue weighted by atomic mass is 15.2. The molecular formula is C11H9N4. The summed E-state index contributed by atoms with van der Waals surface area (Å²) in [5.74, 6) is 0. The van der Waals surface area contributed by atoms with E-state index in [4.69, 9.17) is 0 Å². The molecule has 0 aliphatic heterocycles. The smallest absolute Gasteiger partial charge is 0.223 e. The largest absolute Gasteiger partial charge is 0.324 e. The van der Waals surface area contributed by atoms with Gasteiger partial charge in [0.1, 0.15) is 5.52 Å². The minimum atomic E-state index is 0.853. The fourth-order valence-corrected chi connectivity index (χ4v) is 1.95. The van der Waals surface area contributed by atoms with Crippen molar-refractivity contribution in [1.29, 1.82) is 0 Å². The number of para-hydroxylation sites is 1. The number of benzene rings is 1. The van der Waals surface area contributed by atoms with Crippen LogP contribution in [-0.4, -0.2) is 19.7 Å². The Bertz CT molecular complexity index is 573. The van der Waals surface area contributed by atoms with Crippen LogP contribution in [0.5, 0.6) is 0 Å². The third kappa shape index (κ3) is 1.05. The van der Waals surface area contributed by atoms with Gasteiger partial charge >= 0.3 is 0 Å². The minimum Gasteiger partial charge on any atom is -0.324 e. The summed E-state index contributed by atoms with van der Waals surface area (Å²) in [6.07, 6.45) is 2.54. The Morgan fingerprint density at radius 2 is 2.20 bits per heavy atom. The molecule has 0 atom stereocenters. The molecule has 3 aromatic rings. The lowest BCUT2D eigenvalue weighted by molar-refractivity contribution is 0.809.